The van der Waals surface area contributed by atoms with Gasteiger partial charge in [-0.1, -0.05) is 17.7 Å². The van der Waals surface area contributed by atoms with Gasteiger partial charge in [0.15, 0.2) is 0 Å². The molecule has 2 aliphatic heterocycles. The number of sulfonamides is 1. The first-order valence-electron chi connectivity index (χ1n) is 11.1. The Hall–Kier alpha value is -2.27. The van der Waals surface area contributed by atoms with E-state index in [1.807, 2.05) is 32.0 Å². The molecule has 2 saturated heterocycles. The number of rotatable bonds is 5. The summed E-state index contributed by atoms with van der Waals surface area (Å²) < 4.78 is 33.1. The molecule has 10 heteroatoms. The number of morpholine rings is 1. The first-order chi connectivity index (χ1) is 15.8. The number of ether oxygens (including phenoxy) is 1. The zero-order valence-corrected chi connectivity index (χ0v) is 20.5. The molecule has 3 heterocycles. The summed E-state index contributed by atoms with van der Waals surface area (Å²) in [6.45, 7) is 6.51. The van der Waals surface area contributed by atoms with Gasteiger partial charge in [-0.3, -0.25) is 9.59 Å². The fourth-order valence-corrected chi connectivity index (χ4v) is 6.96. The van der Waals surface area contributed by atoms with E-state index in [-0.39, 0.29) is 35.0 Å². The summed E-state index contributed by atoms with van der Waals surface area (Å²) >= 11 is 1.07. The van der Waals surface area contributed by atoms with Gasteiger partial charge in [0.2, 0.25) is 5.91 Å². The Morgan fingerprint density at radius 1 is 1.06 bits per heavy atom. The largest absolute Gasteiger partial charge is 0.378 e. The molecule has 0 radical (unpaired) electrons. The quantitative estimate of drug-likeness (QED) is 0.694. The summed E-state index contributed by atoms with van der Waals surface area (Å²) in [4.78, 5) is 27.1. The molecule has 2 aliphatic rings. The van der Waals surface area contributed by atoms with E-state index in [1.54, 1.807) is 10.3 Å². The number of piperidine rings is 1. The van der Waals surface area contributed by atoms with E-state index in [4.69, 9.17) is 4.74 Å². The topological polar surface area (TPSA) is 96.0 Å². The average Bonchev–Trinajstić information content (AvgIpc) is 3.32. The third-order valence-corrected chi connectivity index (χ3v) is 9.49. The lowest BCUT2D eigenvalue weighted by atomic mass is 9.97. The molecule has 0 unspecified atom stereocenters. The monoisotopic (exact) mass is 491 g/mol. The highest BCUT2D eigenvalue weighted by Gasteiger charge is 2.33. The maximum atomic E-state index is 13.1. The molecule has 178 valence electrons. The van der Waals surface area contributed by atoms with Gasteiger partial charge in [-0.05, 0) is 44.4 Å². The maximum Gasteiger partial charge on any atom is 0.254 e. The van der Waals surface area contributed by atoms with Gasteiger partial charge in [-0.2, -0.15) is 4.31 Å². The summed E-state index contributed by atoms with van der Waals surface area (Å²) in [5.74, 6) is -0.481. The fraction of sp³-hybridized carbons (Fsp3) is 0.478. The number of benzene rings is 1. The second-order valence-electron chi connectivity index (χ2n) is 8.54. The van der Waals surface area contributed by atoms with Crippen molar-refractivity contribution in [1.29, 1.82) is 0 Å². The average molecular weight is 492 g/mol. The molecule has 1 aromatic heterocycles. The molecule has 2 aromatic rings. The van der Waals surface area contributed by atoms with Crippen molar-refractivity contribution < 1.29 is 22.7 Å². The van der Waals surface area contributed by atoms with Crippen LogP contribution in [0.3, 0.4) is 0 Å². The molecule has 0 spiro atoms. The second-order valence-corrected chi connectivity index (χ2v) is 11.6. The molecule has 2 amide bonds. The molecular formula is C23H29N3O5S2. The van der Waals surface area contributed by atoms with Crippen LogP contribution in [0.15, 0.2) is 33.9 Å². The number of carbonyl (C=O) groups is 2. The summed E-state index contributed by atoms with van der Waals surface area (Å²) in [5.41, 5.74) is 3.32. The van der Waals surface area contributed by atoms with Crippen molar-refractivity contribution in [3.8, 4) is 0 Å². The predicted octanol–water partition coefficient (Wildman–Crippen LogP) is 2.88. The first kappa shape index (κ1) is 23.9. The van der Waals surface area contributed by atoms with Crippen LogP contribution in [0.25, 0.3) is 0 Å². The minimum Gasteiger partial charge on any atom is -0.378 e. The zero-order chi connectivity index (χ0) is 23.6. The van der Waals surface area contributed by atoms with Gasteiger partial charge in [0, 0.05) is 43.2 Å². The van der Waals surface area contributed by atoms with Crippen molar-refractivity contribution in [3.63, 3.8) is 0 Å². The number of carbonyl (C=O) groups excluding carboxylic acids is 2. The van der Waals surface area contributed by atoms with Crippen LogP contribution >= 0.6 is 11.3 Å². The van der Waals surface area contributed by atoms with E-state index in [0.717, 1.165) is 28.2 Å². The minimum absolute atomic E-state index is 0.0754. The highest BCUT2D eigenvalue weighted by molar-refractivity contribution is 7.91. The molecule has 2 fully saturated rings. The van der Waals surface area contributed by atoms with Crippen LogP contribution in [-0.4, -0.2) is 68.8 Å². The van der Waals surface area contributed by atoms with Crippen molar-refractivity contribution in [2.45, 2.75) is 30.9 Å². The van der Waals surface area contributed by atoms with Gasteiger partial charge in [0.05, 0.1) is 18.8 Å². The third kappa shape index (κ3) is 5.29. The highest BCUT2D eigenvalue weighted by Crippen LogP contribution is 2.29. The van der Waals surface area contributed by atoms with Crippen molar-refractivity contribution in [3.05, 3.63) is 46.3 Å². The summed E-state index contributed by atoms with van der Waals surface area (Å²) in [5, 5.41) is 4.59. The SMILES string of the molecule is Cc1ccc(NC(=O)C2CCN(S(=O)(=O)c3cc(C(=O)N4CCOCC4)cs3)CC2)c(C)c1. The van der Waals surface area contributed by atoms with E-state index >= 15 is 0 Å². The number of amides is 2. The lowest BCUT2D eigenvalue weighted by molar-refractivity contribution is -0.120. The van der Waals surface area contributed by atoms with E-state index in [2.05, 4.69) is 5.32 Å². The summed E-state index contributed by atoms with van der Waals surface area (Å²) in [7, 11) is -3.70. The molecule has 0 atom stereocenters. The Balaban J connectivity index is 1.36. The van der Waals surface area contributed by atoms with Crippen LogP contribution in [-0.2, 0) is 19.6 Å². The van der Waals surface area contributed by atoms with Gasteiger partial charge in [0.25, 0.3) is 15.9 Å². The molecule has 0 saturated carbocycles. The molecule has 1 aromatic carbocycles. The standard InChI is InChI=1S/C23H29N3O5S2/c1-16-3-4-20(17(2)13-16)24-22(27)18-5-7-26(8-6-18)33(29,30)21-14-19(15-32-21)23(28)25-9-11-31-12-10-25/h3-4,13-15,18H,5-12H2,1-2H3,(H,24,27). The van der Waals surface area contributed by atoms with Crippen LogP contribution in [0.2, 0.25) is 0 Å². The van der Waals surface area contributed by atoms with E-state index in [9.17, 15) is 18.0 Å². The van der Waals surface area contributed by atoms with Crippen molar-refractivity contribution in [2.75, 3.05) is 44.7 Å². The first-order valence-corrected chi connectivity index (χ1v) is 13.4. The molecule has 0 bridgehead atoms. The van der Waals surface area contributed by atoms with Gasteiger partial charge >= 0.3 is 0 Å². The number of thiophene rings is 1. The van der Waals surface area contributed by atoms with Gasteiger partial charge in [-0.15, -0.1) is 11.3 Å². The van der Waals surface area contributed by atoms with E-state index in [1.165, 1.54) is 10.4 Å². The Kier molecular flexibility index (Phi) is 7.18. The molecule has 0 aliphatic carbocycles. The number of nitrogens with one attached hydrogen (secondary N) is 1. The molecule has 33 heavy (non-hydrogen) atoms. The van der Waals surface area contributed by atoms with Crippen LogP contribution in [0.4, 0.5) is 5.69 Å². The number of aryl methyl sites for hydroxylation is 2. The lowest BCUT2D eigenvalue weighted by Gasteiger charge is -2.30. The smallest absolute Gasteiger partial charge is 0.254 e. The van der Waals surface area contributed by atoms with E-state index < -0.39 is 10.0 Å². The molecular weight excluding hydrogens is 462 g/mol. The van der Waals surface area contributed by atoms with Gasteiger partial charge in [0.1, 0.15) is 4.21 Å². The van der Waals surface area contributed by atoms with Crippen LogP contribution in [0.5, 0.6) is 0 Å². The molecule has 4 rings (SSSR count). The maximum absolute atomic E-state index is 13.1. The summed E-state index contributed by atoms with van der Waals surface area (Å²) in [6, 6.07) is 7.34. The van der Waals surface area contributed by atoms with Crippen molar-refractivity contribution >= 4 is 38.9 Å². The number of hydrogen-bond donors (Lipinski definition) is 1. The Morgan fingerprint density at radius 2 is 1.76 bits per heavy atom. The Labute approximate surface area is 198 Å². The molecule has 1 N–H and O–H groups in total. The highest BCUT2D eigenvalue weighted by atomic mass is 32.2. The van der Waals surface area contributed by atoms with Crippen molar-refractivity contribution in [2.24, 2.45) is 5.92 Å². The fourth-order valence-electron chi connectivity index (χ4n) is 4.19. The normalized spacial score (nSPS) is 18.3. The minimum atomic E-state index is -3.70. The van der Waals surface area contributed by atoms with Crippen molar-refractivity contribution in [1.82, 2.24) is 9.21 Å². The van der Waals surface area contributed by atoms with Gasteiger partial charge < -0.3 is 15.0 Å². The van der Waals surface area contributed by atoms with Crippen LogP contribution in [0, 0.1) is 19.8 Å². The zero-order valence-electron chi connectivity index (χ0n) is 18.9. The number of anilines is 1. The third-order valence-electron chi connectivity index (χ3n) is 6.18. The Morgan fingerprint density at radius 3 is 2.42 bits per heavy atom. The number of hydrogen-bond acceptors (Lipinski definition) is 6. The van der Waals surface area contributed by atoms with Gasteiger partial charge in [-0.25, -0.2) is 8.42 Å². The lowest BCUT2D eigenvalue weighted by Crippen LogP contribution is -2.41. The Bertz CT molecular complexity index is 1130. The van der Waals surface area contributed by atoms with Crippen LogP contribution < -0.4 is 5.32 Å². The predicted molar refractivity (Wildman–Crippen MR) is 127 cm³/mol. The summed E-state index contributed by atoms with van der Waals surface area (Å²) in [6.07, 6.45) is 0.918. The molecule has 8 nitrogen and oxygen atoms in total. The number of nitrogens with zero attached hydrogens (tertiary/aromatic N) is 2. The van der Waals surface area contributed by atoms with E-state index in [0.29, 0.717) is 44.7 Å². The van der Waals surface area contributed by atoms with Crippen LogP contribution in [0.1, 0.15) is 34.3 Å². The second kappa shape index (κ2) is 9.92.